The van der Waals surface area contributed by atoms with Crippen LogP contribution in [0.3, 0.4) is 0 Å². The maximum atomic E-state index is 5.38. The van der Waals surface area contributed by atoms with E-state index >= 15 is 0 Å². The van der Waals surface area contributed by atoms with Crippen LogP contribution in [0.1, 0.15) is 19.4 Å². The van der Waals surface area contributed by atoms with Crippen molar-refractivity contribution in [2.24, 2.45) is 5.92 Å². The SMILES string of the molecule is COc1ccc(CC(C)C)cc1-n1ccnc1. The summed E-state index contributed by atoms with van der Waals surface area (Å²) in [6, 6.07) is 6.31. The third kappa shape index (κ3) is 2.67. The molecule has 0 spiro atoms. The lowest BCUT2D eigenvalue weighted by Gasteiger charge is -2.12. The molecule has 3 heteroatoms. The second kappa shape index (κ2) is 5.04. The zero-order chi connectivity index (χ0) is 12.3. The van der Waals surface area contributed by atoms with Gasteiger partial charge >= 0.3 is 0 Å². The number of ether oxygens (including phenoxy) is 1. The molecule has 3 nitrogen and oxygen atoms in total. The molecule has 90 valence electrons. The quantitative estimate of drug-likeness (QED) is 0.807. The van der Waals surface area contributed by atoms with E-state index in [0.717, 1.165) is 17.9 Å². The predicted octanol–water partition coefficient (Wildman–Crippen LogP) is 3.08. The van der Waals surface area contributed by atoms with Gasteiger partial charge < -0.3 is 9.30 Å². The number of hydrogen-bond acceptors (Lipinski definition) is 2. The first-order valence-corrected chi connectivity index (χ1v) is 5.86. The van der Waals surface area contributed by atoms with Crippen LogP contribution in [-0.2, 0) is 6.42 Å². The van der Waals surface area contributed by atoms with Crippen LogP contribution in [0, 0.1) is 5.92 Å². The van der Waals surface area contributed by atoms with Crippen molar-refractivity contribution < 1.29 is 4.74 Å². The van der Waals surface area contributed by atoms with E-state index in [4.69, 9.17) is 4.74 Å². The van der Waals surface area contributed by atoms with Crippen molar-refractivity contribution in [2.45, 2.75) is 20.3 Å². The number of hydrogen-bond donors (Lipinski definition) is 0. The van der Waals surface area contributed by atoms with E-state index in [1.807, 2.05) is 16.8 Å². The number of methoxy groups -OCH3 is 1. The first-order valence-electron chi connectivity index (χ1n) is 5.86. The third-order valence-corrected chi connectivity index (χ3v) is 2.67. The molecule has 0 atom stereocenters. The molecular formula is C14H18N2O. The minimum absolute atomic E-state index is 0.652. The lowest BCUT2D eigenvalue weighted by molar-refractivity contribution is 0.412. The van der Waals surface area contributed by atoms with Crippen LogP contribution in [0.5, 0.6) is 5.75 Å². The van der Waals surface area contributed by atoms with Gasteiger partial charge in [0.25, 0.3) is 0 Å². The fourth-order valence-corrected chi connectivity index (χ4v) is 1.94. The molecule has 0 amide bonds. The van der Waals surface area contributed by atoms with E-state index in [1.54, 1.807) is 19.6 Å². The summed E-state index contributed by atoms with van der Waals surface area (Å²) in [4.78, 5) is 4.07. The number of aromatic nitrogens is 2. The van der Waals surface area contributed by atoms with Crippen molar-refractivity contribution in [1.82, 2.24) is 9.55 Å². The Kier molecular flexibility index (Phi) is 3.47. The molecule has 0 aliphatic rings. The third-order valence-electron chi connectivity index (χ3n) is 2.67. The normalized spacial score (nSPS) is 10.8. The lowest BCUT2D eigenvalue weighted by Crippen LogP contribution is -1.99. The van der Waals surface area contributed by atoms with Crippen LogP contribution in [0.2, 0.25) is 0 Å². The van der Waals surface area contributed by atoms with Gasteiger partial charge in [0.2, 0.25) is 0 Å². The van der Waals surface area contributed by atoms with Crippen molar-refractivity contribution in [3.63, 3.8) is 0 Å². The molecule has 1 aromatic heterocycles. The molecule has 1 aromatic carbocycles. The minimum atomic E-state index is 0.652. The van der Waals surface area contributed by atoms with E-state index in [2.05, 4.69) is 31.0 Å². The molecular weight excluding hydrogens is 212 g/mol. The second-order valence-electron chi connectivity index (χ2n) is 4.57. The van der Waals surface area contributed by atoms with Crippen molar-refractivity contribution in [1.29, 1.82) is 0 Å². The van der Waals surface area contributed by atoms with Crippen molar-refractivity contribution in [3.8, 4) is 11.4 Å². The summed E-state index contributed by atoms with van der Waals surface area (Å²) in [7, 11) is 1.69. The summed E-state index contributed by atoms with van der Waals surface area (Å²) < 4.78 is 7.36. The highest BCUT2D eigenvalue weighted by molar-refractivity contribution is 5.49. The Hall–Kier alpha value is -1.77. The highest BCUT2D eigenvalue weighted by Gasteiger charge is 2.07. The molecule has 0 saturated heterocycles. The molecule has 0 saturated carbocycles. The van der Waals surface area contributed by atoms with Crippen LogP contribution in [0.4, 0.5) is 0 Å². The summed E-state index contributed by atoms with van der Waals surface area (Å²) in [6.45, 7) is 4.45. The molecule has 0 aliphatic heterocycles. The maximum Gasteiger partial charge on any atom is 0.142 e. The van der Waals surface area contributed by atoms with Crippen molar-refractivity contribution in [3.05, 3.63) is 42.5 Å². The highest BCUT2D eigenvalue weighted by Crippen LogP contribution is 2.24. The van der Waals surface area contributed by atoms with Crippen molar-refractivity contribution in [2.75, 3.05) is 7.11 Å². The molecule has 2 aromatic rings. The van der Waals surface area contributed by atoms with Gasteiger partial charge in [0.05, 0.1) is 19.1 Å². The Bertz CT molecular complexity index is 475. The number of rotatable bonds is 4. The van der Waals surface area contributed by atoms with Crippen LogP contribution < -0.4 is 4.74 Å². The lowest BCUT2D eigenvalue weighted by atomic mass is 10.0. The van der Waals surface area contributed by atoms with Gasteiger partial charge in [0.1, 0.15) is 5.75 Å². The van der Waals surface area contributed by atoms with Crippen LogP contribution >= 0.6 is 0 Å². The van der Waals surface area contributed by atoms with Gasteiger partial charge in [0, 0.05) is 12.4 Å². The Labute approximate surface area is 102 Å². The Morgan fingerprint density at radius 1 is 1.35 bits per heavy atom. The average Bonchev–Trinajstić information content (AvgIpc) is 2.81. The predicted molar refractivity (Wildman–Crippen MR) is 68.7 cm³/mol. The van der Waals surface area contributed by atoms with E-state index in [9.17, 15) is 0 Å². The highest BCUT2D eigenvalue weighted by atomic mass is 16.5. The smallest absolute Gasteiger partial charge is 0.142 e. The molecule has 0 unspecified atom stereocenters. The summed E-state index contributed by atoms with van der Waals surface area (Å²) in [5, 5.41) is 0. The minimum Gasteiger partial charge on any atom is -0.495 e. The van der Waals surface area contributed by atoms with Gasteiger partial charge in [-0.3, -0.25) is 0 Å². The van der Waals surface area contributed by atoms with Crippen LogP contribution in [-0.4, -0.2) is 16.7 Å². The van der Waals surface area contributed by atoms with Gasteiger partial charge in [0.15, 0.2) is 0 Å². The molecule has 2 rings (SSSR count). The van der Waals surface area contributed by atoms with Crippen LogP contribution in [0.15, 0.2) is 36.9 Å². The maximum absolute atomic E-state index is 5.38. The topological polar surface area (TPSA) is 27.1 Å². The Morgan fingerprint density at radius 3 is 2.76 bits per heavy atom. The van der Waals surface area contributed by atoms with E-state index in [0.29, 0.717) is 5.92 Å². The van der Waals surface area contributed by atoms with Gasteiger partial charge in [-0.15, -0.1) is 0 Å². The zero-order valence-electron chi connectivity index (χ0n) is 10.6. The molecule has 17 heavy (non-hydrogen) atoms. The first-order chi connectivity index (χ1) is 8.20. The zero-order valence-corrected chi connectivity index (χ0v) is 10.6. The Morgan fingerprint density at radius 2 is 2.18 bits per heavy atom. The average molecular weight is 230 g/mol. The summed E-state index contributed by atoms with van der Waals surface area (Å²) in [6.07, 6.45) is 6.56. The van der Waals surface area contributed by atoms with Gasteiger partial charge in [-0.1, -0.05) is 19.9 Å². The molecule has 0 N–H and O–H groups in total. The summed E-state index contributed by atoms with van der Waals surface area (Å²) in [5.74, 6) is 1.52. The van der Waals surface area contributed by atoms with E-state index < -0.39 is 0 Å². The fourth-order valence-electron chi connectivity index (χ4n) is 1.94. The van der Waals surface area contributed by atoms with Gasteiger partial charge in [-0.05, 0) is 30.0 Å². The standard InChI is InChI=1S/C14H18N2O/c1-11(2)8-12-4-5-14(17-3)13(9-12)16-7-6-15-10-16/h4-7,9-11H,8H2,1-3H3. The number of benzene rings is 1. The van der Waals surface area contributed by atoms with Gasteiger partial charge in [-0.25, -0.2) is 4.98 Å². The molecule has 1 heterocycles. The van der Waals surface area contributed by atoms with Crippen LogP contribution in [0.25, 0.3) is 5.69 Å². The van der Waals surface area contributed by atoms with E-state index in [-0.39, 0.29) is 0 Å². The second-order valence-corrected chi connectivity index (χ2v) is 4.57. The molecule has 0 aliphatic carbocycles. The van der Waals surface area contributed by atoms with Gasteiger partial charge in [-0.2, -0.15) is 0 Å². The molecule has 0 fully saturated rings. The van der Waals surface area contributed by atoms with Crippen molar-refractivity contribution >= 4 is 0 Å². The molecule has 0 radical (unpaired) electrons. The van der Waals surface area contributed by atoms with E-state index in [1.165, 1.54) is 5.56 Å². The monoisotopic (exact) mass is 230 g/mol. The molecule has 0 bridgehead atoms. The Balaban J connectivity index is 2.40. The first kappa shape index (κ1) is 11.7. The number of imidazole rings is 1. The largest absolute Gasteiger partial charge is 0.495 e. The summed E-state index contributed by atoms with van der Waals surface area (Å²) >= 11 is 0. The summed E-state index contributed by atoms with van der Waals surface area (Å²) in [5.41, 5.74) is 2.37. The number of nitrogens with zero attached hydrogens (tertiary/aromatic N) is 2. The fraction of sp³-hybridized carbons (Fsp3) is 0.357.